The predicted molar refractivity (Wildman–Crippen MR) is 23.0 cm³/mol. The van der Waals surface area contributed by atoms with E-state index in [1.165, 1.54) is 7.85 Å². The minimum absolute atomic E-state index is 0.00463. The molecular formula is C2H6BNO. The molecule has 0 atom stereocenters. The third-order valence-electron chi connectivity index (χ3n) is 0.352. The summed E-state index contributed by atoms with van der Waals surface area (Å²) in [6, 6.07) is 0. The van der Waals surface area contributed by atoms with Gasteiger partial charge in [-0.05, 0) is 0 Å². The normalized spacial score (nSPS) is 6.60. The molecule has 5 heavy (non-hydrogen) atoms. The molecule has 0 aliphatic rings. The average Bonchev–Trinajstić information content (AvgIpc) is 1.38. The lowest BCUT2D eigenvalue weighted by Crippen LogP contribution is -2.14. The van der Waals surface area contributed by atoms with Gasteiger partial charge in [0.05, 0.1) is 0 Å². The first-order valence-electron chi connectivity index (χ1n) is 1.45. The van der Waals surface area contributed by atoms with Gasteiger partial charge in [-0.3, -0.25) is 4.79 Å². The highest BCUT2D eigenvalue weighted by atomic mass is 16.1. The van der Waals surface area contributed by atoms with Crippen LogP contribution < -0.4 is 5.32 Å². The second-order valence-electron chi connectivity index (χ2n) is 0.806. The number of rotatable bonds is 0. The van der Waals surface area contributed by atoms with Crippen molar-refractivity contribution in [1.29, 1.82) is 0 Å². The van der Waals surface area contributed by atoms with E-state index in [9.17, 15) is 4.79 Å². The smallest absolute Gasteiger partial charge is 0.215 e. The van der Waals surface area contributed by atoms with Crippen molar-refractivity contribution >= 4 is 13.7 Å². The van der Waals surface area contributed by atoms with Gasteiger partial charge in [-0.2, -0.15) is 0 Å². The van der Waals surface area contributed by atoms with E-state index in [2.05, 4.69) is 5.32 Å². The molecule has 0 aromatic heterocycles. The van der Waals surface area contributed by atoms with Crippen molar-refractivity contribution in [2.24, 2.45) is 0 Å². The molecule has 0 bridgehead atoms. The summed E-state index contributed by atoms with van der Waals surface area (Å²) in [4.78, 5) is 9.70. The van der Waals surface area contributed by atoms with E-state index in [4.69, 9.17) is 0 Å². The fourth-order valence-electron chi connectivity index (χ4n) is 0. The molecule has 0 heterocycles. The summed E-state index contributed by atoms with van der Waals surface area (Å²) in [5.41, 5.74) is 0. The Balaban J connectivity index is 2.85. The minimum atomic E-state index is 0.00463. The number of carbonyl (C=O) groups is 1. The summed E-state index contributed by atoms with van der Waals surface area (Å²) in [6.07, 6.45) is 0. The van der Waals surface area contributed by atoms with E-state index in [0.29, 0.717) is 0 Å². The van der Waals surface area contributed by atoms with Crippen LogP contribution in [-0.2, 0) is 0 Å². The van der Waals surface area contributed by atoms with Crippen LogP contribution in [0.2, 0.25) is 0 Å². The summed E-state index contributed by atoms with van der Waals surface area (Å²) in [7, 11) is 3.07. The third kappa shape index (κ3) is 3.53. The lowest BCUT2D eigenvalue weighted by atomic mass is 10.1. The molecule has 0 unspecified atom stereocenters. The number of hydrogen-bond donors (Lipinski definition) is 1. The fourth-order valence-corrected chi connectivity index (χ4v) is 0. The van der Waals surface area contributed by atoms with Crippen LogP contribution in [0, 0.1) is 0 Å². The highest BCUT2D eigenvalue weighted by Crippen LogP contribution is 1.44. The molecule has 0 saturated carbocycles. The monoisotopic (exact) mass is 71.1 g/mol. The molecule has 0 fully saturated rings. The molecule has 1 amide bonds. The van der Waals surface area contributed by atoms with Gasteiger partial charge in [0, 0.05) is 7.05 Å². The Hall–Kier alpha value is -0.465. The zero-order chi connectivity index (χ0) is 4.28. The standard InChI is InChI=1S/C2H6BNO/c1-4-2(3)5/h3H2,1H3,(H,4,5). The van der Waals surface area contributed by atoms with Gasteiger partial charge in [0.1, 0.15) is 0 Å². The Labute approximate surface area is 32.0 Å². The van der Waals surface area contributed by atoms with Gasteiger partial charge >= 0.3 is 0 Å². The van der Waals surface area contributed by atoms with Crippen molar-refractivity contribution in [2.75, 3.05) is 7.05 Å². The molecule has 0 rings (SSSR count). The average molecular weight is 70.9 g/mol. The van der Waals surface area contributed by atoms with Crippen molar-refractivity contribution < 1.29 is 4.79 Å². The topological polar surface area (TPSA) is 29.1 Å². The molecule has 0 saturated heterocycles. The Morgan fingerprint density at radius 3 is 2.20 bits per heavy atom. The van der Waals surface area contributed by atoms with Crippen molar-refractivity contribution in [3.05, 3.63) is 0 Å². The van der Waals surface area contributed by atoms with Crippen molar-refractivity contribution in [2.45, 2.75) is 0 Å². The van der Waals surface area contributed by atoms with Gasteiger partial charge in [-0.1, -0.05) is 0 Å². The van der Waals surface area contributed by atoms with E-state index in [1.54, 1.807) is 7.05 Å². The molecule has 0 aliphatic carbocycles. The summed E-state index contributed by atoms with van der Waals surface area (Å²) in [5, 5.41) is 2.39. The molecule has 1 N–H and O–H groups in total. The number of hydrogen-bond acceptors (Lipinski definition) is 1. The predicted octanol–water partition coefficient (Wildman–Crippen LogP) is -1.04. The summed E-state index contributed by atoms with van der Waals surface area (Å²) in [5.74, 6) is 0.00463. The maximum Gasteiger partial charge on any atom is 0.215 e. The third-order valence-corrected chi connectivity index (χ3v) is 0.352. The fraction of sp³-hybridized carbons (Fsp3) is 0.500. The number of carbonyl (C=O) groups excluding carboxylic acids is 1. The van der Waals surface area contributed by atoms with Crippen molar-refractivity contribution in [3.8, 4) is 0 Å². The van der Waals surface area contributed by atoms with Gasteiger partial charge in [0.2, 0.25) is 7.85 Å². The molecule has 0 aliphatic heterocycles. The SMILES string of the molecule is BC(=O)NC. The van der Waals surface area contributed by atoms with Crippen molar-refractivity contribution in [1.82, 2.24) is 5.32 Å². The van der Waals surface area contributed by atoms with Crippen LogP contribution in [0.1, 0.15) is 0 Å². The van der Waals surface area contributed by atoms with Crippen LogP contribution in [0.5, 0.6) is 0 Å². The van der Waals surface area contributed by atoms with E-state index in [1.807, 2.05) is 0 Å². The Morgan fingerprint density at radius 2 is 2.20 bits per heavy atom. The largest absolute Gasteiger partial charge is 0.368 e. The van der Waals surface area contributed by atoms with Crippen LogP contribution in [-0.4, -0.2) is 20.7 Å². The van der Waals surface area contributed by atoms with Gasteiger partial charge in [0.15, 0.2) is 5.81 Å². The Kier molecular flexibility index (Phi) is 1.65. The van der Waals surface area contributed by atoms with E-state index >= 15 is 0 Å². The molecule has 0 spiro atoms. The lowest BCUT2D eigenvalue weighted by Gasteiger charge is -1.80. The highest BCUT2D eigenvalue weighted by molar-refractivity contribution is 6.56. The molecule has 2 nitrogen and oxygen atoms in total. The van der Waals surface area contributed by atoms with E-state index in [-0.39, 0.29) is 5.81 Å². The van der Waals surface area contributed by atoms with Crippen LogP contribution in [0.25, 0.3) is 0 Å². The van der Waals surface area contributed by atoms with Crippen molar-refractivity contribution in [3.63, 3.8) is 0 Å². The van der Waals surface area contributed by atoms with E-state index in [0.717, 1.165) is 0 Å². The van der Waals surface area contributed by atoms with Gasteiger partial charge in [0.25, 0.3) is 0 Å². The maximum absolute atomic E-state index is 9.70. The zero-order valence-corrected chi connectivity index (χ0v) is 3.41. The molecule has 0 radical (unpaired) electrons. The molecule has 0 aromatic carbocycles. The lowest BCUT2D eigenvalue weighted by molar-refractivity contribution is 0.261. The minimum Gasteiger partial charge on any atom is -0.368 e. The number of nitrogens with one attached hydrogen (secondary N) is 1. The van der Waals surface area contributed by atoms with Crippen LogP contribution in [0.4, 0.5) is 4.79 Å². The maximum atomic E-state index is 9.70. The first-order chi connectivity index (χ1) is 2.27. The Bertz CT molecular complexity index is 44.9. The first kappa shape index (κ1) is 4.53. The number of amides is 1. The van der Waals surface area contributed by atoms with Crippen LogP contribution in [0.15, 0.2) is 0 Å². The molecule has 3 heteroatoms. The zero-order valence-electron chi connectivity index (χ0n) is 3.41. The van der Waals surface area contributed by atoms with Gasteiger partial charge in [-0.25, -0.2) is 0 Å². The van der Waals surface area contributed by atoms with Crippen LogP contribution >= 0.6 is 0 Å². The van der Waals surface area contributed by atoms with Gasteiger partial charge < -0.3 is 5.32 Å². The summed E-state index contributed by atoms with van der Waals surface area (Å²) >= 11 is 0. The second-order valence-corrected chi connectivity index (χ2v) is 0.806. The first-order valence-corrected chi connectivity index (χ1v) is 1.45. The molecule has 0 aromatic rings. The Morgan fingerprint density at radius 1 is 2.00 bits per heavy atom. The van der Waals surface area contributed by atoms with Gasteiger partial charge in [-0.15, -0.1) is 0 Å². The molecular weight excluding hydrogens is 64.8 g/mol. The molecule has 28 valence electrons. The second kappa shape index (κ2) is 1.82. The quantitative estimate of drug-likeness (QED) is 0.363. The summed E-state index contributed by atoms with van der Waals surface area (Å²) < 4.78 is 0. The van der Waals surface area contributed by atoms with Crippen LogP contribution in [0.3, 0.4) is 0 Å². The highest BCUT2D eigenvalue weighted by Gasteiger charge is 1.73. The van der Waals surface area contributed by atoms with E-state index < -0.39 is 0 Å². The summed E-state index contributed by atoms with van der Waals surface area (Å²) in [6.45, 7) is 0.